The third-order valence-corrected chi connectivity index (χ3v) is 2.97. The second kappa shape index (κ2) is 12.4. The van der Waals surface area contributed by atoms with Crippen LogP contribution in [0.1, 0.15) is 64.2 Å². The van der Waals surface area contributed by atoms with Crippen LogP contribution in [0.15, 0.2) is 0 Å². The van der Waals surface area contributed by atoms with E-state index in [-0.39, 0.29) is 11.9 Å². The molecule has 0 spiro atoms. The van der Waals surface area contributed by atoms with Crippen molar-refractivity contribution in [2.75, 3.05) is 14.2 Å². The summed E-state index contributed by atoms with van der Waals surface area (Å²) in [6.45, 7) is 0. The number of unbranched alkanes of at least 4 members (excludes halogenated alkanes) is 1. The molecule has 1 aliphatic carbocycles. The fourth-order valence-corrected chi connectivity index (χ4v) is 1.80. The summed E-state index contributed by atoms with van der Waals surface area (Å²) in [5.74, 6) is -0.472. The Hall–Kier alpha value is -1.06. The van der Waals surface area contributed by atoms with E-state index < -0.39 is 0 Å². The largest absolute Gasteiger partial charge is 0.469 e. The van der Waals surface area contributed by atoms with Gasteiger partial charge in [-0.15, -0.1) is 0 Å². The van der Waals surface area contributed by atoms with Gasteiger partial charge in [-0.25, -0.2) is 0 Å². The maximum absolute atomic E-state index is 10.6. The van der Waals surface area contributed by atoms with Crippen molar-refractivity contribution in [1.82, 2.24) is 0 Å². The normalized spacial score (nSPS) is 14.1. The number of carbonyl (C=O) groups is 2. The summed E-state index contributed by atoms with van der Waals surface area (Å²) in [5.41, 5.74) is 0. The number of rotatable bonds is 5. The molecule has 1 saturated carbocycles. The van der Waals surface area contributed by atoms with E-state index >= 15 is 0 Å². The molecule has 0 radical (unpaired) electrons. The summed E-state index contributed by atoms with van der Waals surface area (Å²) in [6, 6.07) is 0. The predicted molar refractivity (Wildman–Crippen MR) is 70.2 cm³/mol. The van der Waals surface area contributed by atoms with Crippen molar-refractivity contribution in [3.63, 3.8) is 0 Å². The number of carbonyl (C=O) groups excluding carboxylic acids is 2. The number of hydrogen-bond acceptors (Lipinski definition) is 4. The smallest absolute Gasteiger partial charge is 0.305 e. The summed E-state index contributed by atoms with van der Waals surface area (Å²) in [7, 11) is 2.70. The van der Waals surface area contributed by atoms with E-state index in [2.05, 4.69) is 9.47 Å². The van der Waals surface area contributed by atoms with E-state index in [1.807, 2.05) is 0 Å². The molecular formula is C14H26O4. The monoisotopic (exact) mass is 258 g/mol. The fraction of sp³-hybridized carbons (Fsp3) is 0.857. The molecule has 0 bridgehead atoms. The van der Waals surface area contributed by atoms with Crippen molar-refractivity contribution in [3.05, 3.63) is 0 Å². The molecule has 1 aliphatic rings. The molecule has 0 saturated heterocycles. The molecule has 4 heteroatoms. The van der Waals surface area contributed by atoms with Crippen LogP contribution < -0.4 is 0 Å². The van der Waals surface area contributed by atoms with Crippen molar-refractivity contribution in [2.24, 2.45) is 0 Å². The number of methoxy groups -OCH3 is 2. The third kappa shape index (κ3) is 11.4. The van der Waals surface area contributed by atoms with Gasteiger partial charge in [-0.05, 0) is 12.8 Å². The highest BCUT2D eigenvalue weighted by atomic mass is 16.5. The van der Waals surface area contributed by atoms with Crippen molar-refractivity contribution in [2.45, 2.75) is 64.2 Å². The molecule has 0 N–H and O–H groups in total. The summed E-state index contributed by atoms with van der Waals surface area (Å²) in [6.07, 6.45) is 11.1. The van der Waals surface area contributed by atoms with Gasteiger partial charge in [0.2, 0.25) is 0 Å². The van der Waals surface area contributed by atoms with Crippen LogP contribution in [-0.2, 0) is 19.1 Å². The molecule has 0 aromatic rings. The SMILES string of the molecule is C1CCCCC1.COC(=O)CCCCC(=O)OC. The van der Waals surface area contributed by atoms with E-state index in [0.29, 0.717) is 25.7 Å². The van der Waals surface area contributed by atoms with Crippen molar-refractivity contribution >= 4 is 11.9 Å². The van der Waals surface area contributed by atoms with Crippen LogP contribution in [0.5, 0.6) is 0 Å². The lowest BCUT2D eigenvalue weighted by Gasteiger charge is -2.05. The zero-order valence-electron chi connectivity index (χ0n) is 11.7. The molecule has 0 unspecified atom stereocenters. The molecule has 0 atom stereocenters. The lowest BCUT2D eigenvalue weighted by atomic mass is 10.0. The van der Waals surface area contributed by atoms with Crippen LogP contribution in [-0.4, -0.2) is 26.2 Å². The zero-order chi connectivity index (χ0) is 13.6. The average molecular weight is 258 g/mol. The number of hydrogen-bond donors (Lipinski definition) is 0. The molecular weight excluding hydrogens is 232 g/mol. The average Bonchev–Trinajstić information content (AvgIpc) is 2.45. The van der Waals surface area contributed by atoms with E-state index in [1.165, 1.54) is 52.7 Å². The maximum Gasteiger partial charge on any atom is 0.305 e. The van der Waals surface area contributed by atoms with Gasteiger partial charge in [0, 0.05) is 12.8 Å². The highest BCUT2D eigenvalue weighted by Crippen LogP contribution is 2.15. The third-order valence-electron chi connectivity index (χ3n) is 2.97. The van der Waals surface area contributed by atoms with E-state index in [4.69, 9.17) is 0 Å². The molecule has 1 rings (SSSR count). The topological polar surface area (TPSA) is 52.6 Å². The number of esters is 2. The molecule has 0 heterocycles. The molecule has 0 aromatic heterocycles. The van der Waals surface area contributed by atoms with Gasteiger partial charge in [0.15, 0.2) is 0 Å². The highest BCUT2D eigenvalue weighted by Gasteiger charge is 2.02. The second-order valence-corrected chi connectivity index (χ2v) is 4.48. The van der Waals surface area contributed by atoms with Gasteiger partial charge in [0.1, 0.15) is 0 Å². The molecule has 1 fully saturated rings. The fourth-order valence-electron chi connectivity index (χ4n) is 1.80. The molecule has 18 heavy (non-hydrogen) atoms. The Morgan fingerprint density at radius 1 is 0.722 bits per heavy atom. The Labute approximate surface area is 110 Å². The van der Waals surface area contributed by atoms with Crippen LogP contribution in [0.25, 0.3) is 0 Å². The molecule has 0 aliphatic heterocycles. The van der Waals surface area contributed by atoms with Crippen molar-refractivity contribution < 1.29 is 19.1 Å². The summed E-state index contributed by atoms with van der Waals surface area (Å²) in [5, 5.41) is 0. The Kier molecular flexibility index (Phi) is 11.7. The number of ether oxygens (including phenoxy) is 2. The summed E-state index contributed by atoms with van der Waals surface area (Å²) in [4.78, 5) is 21.2. The van der Waals surface area contributed by atoms with Gasteiger partial charge in [-0.3, -0.25) is 9.59 Å². The van der Waals surface area contributed by atoms with E-state index in [1.54, 1.807) is 0 Å². The lowest BCUT2D eigenvalue weighted by Crippen LogP contribution is -2.02. The molecule has 0 aromatic carbocycles. The van der Waals surface area contributed by atoms with Crippen LogP contribution in [0, 0.1) is 0 Å². The van der Waals surface area contributed by atoms with Crippen LogP contribution >= 0.6 is 0 Å². The van der Waals surface area contributed by atoms with Crippen LogP contribution in [0.4, 0.5) is 0 Å². The minimum absolute atomic E-state index is 0.236. The van der Waals surface area contributed by atoms with Crippen molar-refractivity contribution in [1.29, 1.82) is 0 Å². The minimum atomic E-state index is -0.236. The van der Waals surface area contributed by atoms with Crippen molar-refractivity contribution in [3.8, 4) is 0 Å². The van der Waals surface area contributed by atoms with Gasteiger partial charge < -0.3 is 9.47 Å². The standard InChI is InChI=1S/C8H14O4.C6H12/c1-11-7(9)5-3-4-6-8(10)12-2;1-2-4-6-5-3-1/h3-6H2,1-2H3;1-6H2. The molecule has 0 amide bonds. The van der Waals surface area contributed by atoms with Gasteiger partial charge in [0.05, 0.1) is 14.2 Å². The minimum Gasteiger partial charge on any atom is -0.469 e. The predicted octanol–water partition coefficient (Wildman–Crippen LogP) is 3.23. The summed E-state index contributed by atoms with van der Waals surface area (Å²) >= 11 is 0. The van der Waals surface area contributed by atoms with E-state index in [0.717, 1.165) is 0 Å². The highest BCUT2D eigenvalue weighted by molar-refractivity contribution is 5.70. The van der Waals surface area contributed by atoms with Gasteiger partial charge in [-0.2, -0.15) is 0 Å². The van der Waals surface area contributed by atoms with Gasteiger partial charge >= 0.3 is 11.9 Å². The second-order valence-electron chi connectivity index (χ2n) is 4.48. The van der Waals surface area contributed by atoms with Gasteiger partial charge in [0.25, 0.3) is 0 Å². The molecule has 106 valence electrons. The van der Waals surface area contributed by atoms with Gasteiger partial charge in [-0.1, -0.05) is 38.5 Å². The lowest BCUT2D eigenvalue weighted by molar-refractivity contribution is -0.142. The quantitative estimate of drug-likeness (QED) is 0.561. The zero-order valence-corrected chi connectivity index (χ0v) is 11.7. The Morgan fingerprint density at radius 2 is 1.00 bits per heavy atom. The summed E-state index contributed by atoms with van der Waals surface area (Å²) < 4.78 is 8.86. The maximum atomic E-state index is 10.6. The Morgan fingerprint density at radius 3 is 1.22 bits per heavy atom. The Bertz CT molecular complexity index is 192. The first-order valence-electron chi connectivity index (χ1n) is 6.84. The first kappa shape index (κ1) is 16.9. The van der Waals surface area contributed by atoms with E-state index in [9.17, 15) is 9.59 Å². The molecule has 4 nitrogen and oxygen atoms in total. The first-order chi connectivity index (χ1) is 8.70. The Balaban J connectivity index is 0.000000397. The first-order valence-corrected chi connectivity index (χ1v) is 6.84. The van der Waals surface area contributed by atoms with Crippen LogP contribution in [0.3, 0.4) is 0 Å². The van der Waals surface area contributed by atoms with Crippen LogP contribution in [0.2, 0.25) is 0 Å².